The highest BCUT2D eigenvalue weighted by molar-refractivity contribution is 7.13. The van der Waals surface area contributed by atoms with E-state index in [0.29, 0.717) is 30.1 Å². The molecule has 168 valence electrons. The molecule has 0 aliphatic carbocycles. The molecule has 4 aromatic rings. The molecule has 0 aliphatic rings. The van der Waals surface area contributed by atoms with Gasteiger partial charge in [0.05, 0.1) is 18.5 Å². The monoisotopic (exact) mass is 461 g/mol. The number of hydrogen-bond donors (Lipinski definition) is 1. The third-order valence-corrected chi connectivity index (χ3v) is 5.76. The Morgan fingerprint density at radius 3 is 2.61 bits per heavy atom. The maximum absolute atomic E-state index is 12.8. The quantitative estimate of drug-likeness (QED) is 0.379. The van der Waals surface area contributed by atoms with Gasteiger partial charge < -0.3 is 14.8 Å². The average molecular weight is 462 g/mol. The lowest BCUT2D eigenvalue weighted by atomic mass is 10.2. The molecule has 4 rings (SSSR count). The fourth-order valence-corrected chi connectivity index (χ4v) is 3.98. The minimum atomic E-state index is -0.589. The van der Waals surface area contributed by atoms with Crippen molar-refractivity contribution in [3.05, 3.63) is 95.0 Å². The standard InChI is InChI=1S/C25H23N3O4S/c1-31-20-10-5-9-19(13-20)14-26-23(29)17-32-25(30)21-16-28(15-18-7-3-2-4-8-18)27-24(21)22-11-6-12-33-22/h2-13,16H,14-15,17H2,1H3,(H,26,29). The first-order chi connectivity index (χ1) is 16.1. The van der Waals surface area contributed by atoms with Gasteiger partial charge in [0.25, 0.3) is 5.91 Å². The number of rotatable bonds is 9. The third-order valence-electron chi connectivity index (χ3n) is 4.88. The molecule has 0 bridgehead atoms. The lowest BCUT2D eigenvalue weighted by molar-refractivity contribution is -0.124. The van der Waals surface area contributed by atoms with Crippen LogP contribution in [0.2, 0.25) is 0 Å². The Kier molecular flexibility index (Phi) is 7.16. The number of nitrogens with zero attached hydrogens (tertiary/aromatic N) is 2. The van der Waals surface area contributed by atoms with Crippen molar-refractivity contribution in [3.8, 4) is 16.3 Å². The summed E-state index contributed by atoms with van der Waals surface area (Å²) in [5, 5.41) is 9.27. The van der Waals surface area contributed by atoms with Gasteiger partial charge >= 0.3 is 5.97 Å². The van der Waals surface area contributed by atoms with Crippen molar-refractivity contribution in [2.45, 2.75) is 13.1 Å². The van der Waals surface area contributed by atoms with E-state index in [1.54, 1.807) is 18.0 Å². The molecule has 0 saturated carbocycles. The number of benzene rings is 2. The number of thiophene rings is 1. The molecule has 2 aromatic carbocycles. The second-order valence-electron chi connectivity index (χ2n) is 7.26. The van der Waals surface area contributed by atoms with Gasteiger partial charge in [0.2, 0.25) is 0 Å². The van der Waals surface area contributed by atoms with Crippen LogP contribution in [0.5, 0.6) is 5.75 Å². The third kappa shape index (κ3) is 5.87. The van der Waals surface area contributed by atoms with Crippen molar-refractivity contribution in [2.24, 2.45) is 0 Å². The topological polar surface area (TPSA) is 82.5 Å². The van der Waals surface area contributed by atoms with Crippen LogP contribution in [0.1, 0.15) is 21.5 Å². The molecule has 1 amide bonds. The first kappa shape index (κ1) is 22.3. The number of ether oxygens (including phenoxy) is 2. The summed E-state index contributed by atoms with van der Waals surface area (Å²) >= 11 is 1.49. The highest BCUT2D eigenvalue weighted by atomic mass is 32.1. The number of carbonyl (C=O) groups excluding carboxylic acids is 2. The largest absolute Gasteiger partial charge is 0.497 e. The molecule has 33 heavy (non-hydrogen) atoms. The highest BCUT2D eigenvalue weighted by Gasteiger charge is 2.21. The predicted octanol–water partition coefficient (Wildman–Crippen LogP) is 4.14. The molecule has 1 N–H and O–H groups in total. The fraction of sp³-hybridized carbons (Fsp3) is 0.160. The summed E-state index contributed by atoms with van der Waals surface area (Å²) in [7, 11) is 1.59. The number of aromatic nitrogens is 2. The molecule has 7 nitrogen and oxygen atoms in total. The minimum Gasteiger partial charge on any atom is -0.497 e. The molecule has 0 unspecified atom stereocenters. The van der Waals surface area contributed by atoms with Gasteiger partial charge in [-0.15, -0.1) is 11.3 Å². The van der Waals surface area contributed by atoms with E-state index in [9.17, 15) is 9.59 Å². The zero-order valence-electron chi connectivity index (χ0n) is 18.1. The van der Waals surface area contributed by atoms with Gasteiger partial charge in [-0.05, 0) is 34.7 Å². The predicted molar refractivity (Wildman–Crippen MR) is 126 cm³/mol. The van der Waals surface area contributed by atoms with Gasteiger partial charge in [0.15, 0.2) is 6.61 Å². The first-order valence-corrected chi connectivity index (χ1v) is 11.2. The second-order valence-corrected chi connectivity index (χ2v) is 8.20. The number of hydrogen-bond acceptors (Lipinski definition) is 6. The molecule has 2 heterocycles. The van der Waals surface area contributed by atoms with Gasteiger partial charge in [0, 0.05) is 12.7 Å². The molecule has 0 atom stereocenters. The Labute approximate surface area is 195 Å². The number of nitrogens with one attached hydrogen (secondary N) is 1. The molecule has 8 heteroatoms. The second kappa shape index (κ2) is 10.6. The normalized spacial score (nSPS) is 10.6. The van der Waals surface area contributed by atoms with Crippen LogP contribution in [-0.2, 0) is 22.6 Å². The van der Waals surface area contributed by atoms with E-state index in [-0.39, 0.29) is 12.5 Å². The summed E-state index contributed by atoms with van der Waals surface area (Å²) in [6.07, 6.45) is 1.67. The number of amides is 1. The summed E-state index contributed by atoms with van der Waals surface area (Å²) in [6.45, 7) is 0.451. The molecule has 2 aromatic heterocycles. The van der Waals surface area contributed by atoms with E-state index in [1.165, 1.54) is 11.3 Å². The Bertz CT molecular complexity index is 1220. The van der Waals surface area contributed by atoms with E-state index >= 15 is 0 Å². The molecule has 0 radical (unpaired) electrons. The van der Waals surface area contributed by atoms with E-state index in [1.807, 2.05) is 72.1 Å². The maximum Gasteiger partial charge on any atom is 0.342 e. The van der Waals surface area contributed by atoms with Crippen LogP contribution in [0, 0.1) is 0 Å². The summed E-state index contributed by atoms with van der Waals surface area (Å²) in [6, 6.07) is 21.0. The van der Waals surface area contributed by atoms with E-state index in [0.717, 1.165) is 16.0 Å². The van der Waals surface area contributed by atoms with Gasteiger partial charge in [-0.2, -0.15) is 5.10 Å². The summed E-state index contributed by atoms with van der Waals surface area (Å²) < 4.78 is 12.2. The molecular formula is C25H23N3O4S. The number of esters is 1. The van der Waals surface area contributed by atoms with Crippen LogP contribution >= 0.6 is 11.3 Å². The smallest absolute Gasteiger partial charge is 0.342 e. The SMILES string of the molecule is COc1cccc(CNC(=O)COC(=O)c2cn(Cc3ccccc3)nc2-c2cccs2)c1. The van der Waals surface area contributed by atoms with Crippen molar-refractivity contribution < 1.29 is 19.1 Å². The van der Waals surface area contributed by atoms with Crippen LogP contribution in [0.3, 0.4) is 0 Å². The fourth-order valence-electron chi connectivity index (χ4n) is 3.26. The Balaban J connectivity index is 1.40. The molecule has 0 spiro atoms. The molecule has 0 saturated heterocycles. The van der Waals surface area contributed by atoms with Crippen LogP contribution in [0.4, 0.5) is 0 Å². The number of carbonyl (C=O) groups is 2. The van der Waals surface area contributed by atoms with Crippen LogP contribution in [0.25, 0.3) is 10.6 Å². The zero-order chi connectivity index (χ0) is 23.0. The van der Waals surface area contributed by atoms with E-state index in [2.05, 4.69) is 10.4 Å². The Morgan fingerprint density at radius 1 is 1.03 bits per heavy atom. The summed E-state index contributed by atoms with van der Waals surface area (Å²) in [4.78, 5) is 25.9. The highest BCUT2D eigenvalue weighted by Crippen LogP contribution is 2.27. The molecule has 0 fully saturated rings. The first-order valence-electron chi connectivity index (χ1n) is 10.3. The minimum absolute atomic E-state index is 0.309. The van der Waals surface area contributed by atoms with Crippen molar-refractivity contribution in [2.75, 3.05) is 13.7 Å². The van der Waals surface area contributed by atoms with Crippen LogP contribution in [0.15, 0.2) is 78.3 Å². The van der Waals surface area contributed by atoms with Gasteiger partial charge in [0.1, 0.15) is 17.0 Å². The van der Waals surface area contributed by atoms with Crippen molar-refractivity contribution in [1.29, 1.82) is 0 Å². The van der Waals surface area contributed by atoms with Crippen LogP contribution < -0.4 is 10.1 Å². The van der Waals surface area contributed by atoms with Crippen LogP contribution in [-0.4, -0.2) is 35.4 Å². The van der Waals surface area contributed by atoms with E-state index < -0.39 is 5.97 Å². The van der Waals surface area contributed by atoms with Crippen molar-refractivity contribution in [1.82, 2.24) is 15.1 Å². The maximum atomic E-state index is 12.8. The van der Waals surface area contributed by atoms with Gasteiger partial charge in [-0.25, -0.2) is 4.79 Å². The van der Waals surface area contributed by atoms with Crippen molar-refractivity contribution in [3.63, 3.8) is 0 Å². The van der Waals surface area contributed by atoms with Gasteiger partial charge in [-0.3, -0.25) is 9.48 Å². The lowest BCUT2D eigenvalue weighted by Gasteiger charge is -2.08. The molecular weight excluding hydrogens is 438 g/mol. The Hall–Kier alpha value is -3.91. The van der Waals surface area contributed by atoms with E-state index in [4.69, 9.17) is 9.47 Å². The molecule has 0 aliphatic heterocycles. The lowest BCUT2D eigenvalue weighted by Crippen LogP contribution is -2.28. The Morgan fingerprint density at radius 2 is 1.85 bits per heavy atom. The number of methoxy groups -OCH3 is 1. The van der Waals surface area contributed by atoms with Crippen molar-refractivity contribution >= 4 is 23.2 Å². The zero-order valence-corrected chi connectivity index (χ0v) is 18.9. The van der Waals surface area contributed by atoms with Gasteiger partial charge in [-0.1, -0.05) is 48.5 Å². The average Bonchev–Trinajstić information content (AvgIpc) is 3.52. The summed E-state index contributed by atoms with van der Waals surface area (Å²) in [5.41, 5.74) is 2.82. The summed E-state index contributed by atoms with van der Waals surface area (Å²) in [5.74, 6) is -0.267.